The number of hydrogen-bond acceptors (Lipinski definition) is 6. The van der Waals surface area contributed by atoms with Crippen LogP contribution in [0, 0.1) is 0 Å². The number of para-hydroxylation sites is 1. The minimum Gasteiger partial charge on any atom is -0.397 e. The molecular weight excluding hydrogens is 649 g/mol. The molecule has 0 spiro atoms. The molecule has 1 aromatic heterocycles. The second-order valence-electron chi connectivity index (χ2n) is 12.2. The van der Waals surface area contributed by atoms with E-state index in [0.29, 0.717) is 58.7 Å². The van der Waals surface area contributed by atoms with Gasteiger partial charge in [-0.3, -0.25) is 9.78 Å². The first-order chi connectivity index (χ1) is 23.0. The molecule has 2 aromatic carbocycles. The summed E-state index contributed by atoms with van der Waals surface area (Å²) < 4.78 is 41.3. The van der Waals surface area contributed by atoms with Gasteiger partial charge in [-0.25, -0.2) is 9.59 Å². The first-order valence-corrected chi connectivity index (χ1v) is 16.2. The molecule has 15 heteroatoms. The number of carbonyl (C=O) groups is 3. The molecule has 0 bridgehead atoms. The highest BCUT2D eigenvalue weighted by molar-refractivity contribution is 6.33. The molecule has 2 saturated heterocycles. The third-order valence-electron chi connectivity index (χ3n) is 9.20. The van der Waals surface area contributed by atoms with E-state index in [9.17, 15) is 27.6 Å². The number of nitrogens with one attached hydrogen (secondary N) is 2. The highest BCUT2D eigenvalue weighted by Gasteiger charge is 2.37. The van der Waals surface area contributed by atoms with E-state index in [1.807, 2.05) is 36.4 Å². The Morgan fingerprint density at radius 3 is 2.38 bits per heavy atom. The number of nitrogens with two attached hydrogens (primary N) is 1. The van der Waals surface area contributed by atoms with E-state index in [1.54, 1.807) is 27.1 Å². The molecule has 1 atom stereocenters. The SMILES string of the molecule is Nc1c(Cl)cc(CC(NC(=O)N2CCC(N3Cc4ccccc4NC3=O)CC2)C(=O)N2CCN(c3ccncc3)CC2)cc1C(F)(F)F. The van der Waals surface area contributed by atoms with Gasteiger partial charge in [-0.05, 0) is 54.3 Å². The molecule has 5 amide bonds. The van der Waals surface area contributed by atoms with E-state index in [-0.39, 0.29) is 29.1 Å². The number of benzene rings is 2. The zero-order valence-electron chi connectivity index (χ0n) is 26.0. The fraction of sp³-hybridized carbons (Fsp3) is 0.394. The minimum absolute atomic E-state index is 0.0887. The van der Waals surface area contributed by atoms with Gasteiger partial charge in [0.1, 0.15) is 6.04 Å². The number of fused-ring (bicyclic) bond motifs is 1. The molecule has 3 aliphatic rings. The first kappa shape index (κ1) is 33.2. The van der Waals surface area contributed by atoms with Crippen LogP contribution in [0.3, 0.4) is 0 Å². The largest absolute Gasteiger partial charge is 0.418 e. The Labute approximate surface area is 280 Å². The number of carbonyl (C=O) groups excluding carboxylic acids is 3. The van der Waals surface area contributed by atoms with Crippen LogP contribution < -0.4 is 21.3 Å². The molecule has 6 rings (SSSR count). The summed E-state index contributed by atoms with van der Waals surface area (Å²) in [5.41, 5.74) is 6.83. The van der Waals surface area contributed by atoms with Crippen molar-refractivity contribution in [1.29, 1.82) is 0 Å². The zero-order valence-corrected chi connectivity index (χ0v) is 26.8. The summed E-state index contributed by atoms with van der Waals surface area (Å²) in [5.74, 6) is -0.405. The quantitative estimate of drug-likeness (QED) is 0.320. The lowest BCUT2D eigenvalue weighted by Crippen LogP contribution is -2.58. The maximum absolute atomic E-state index is 13.9. The van der Waals surface area contributed by atoms with Crippen molar-refractivity contribution in [3.05, 3.63) is 82.6 Å². The maximum atomic E-state index is 13.9. The Bertz CT molecular complexity index is 1660. The lowest BCUT2D eigenvalue weighted by molar-refractivity contribution is -0.137. The number of urea groups is 2. The molecule has 0 saturated carbocycles. The number of alkyl halides is 3. The smallest absolute Gasteiger partial charge is 0.397 e. The van der Waals surface area contributed by atoms with Crippen LogP contribution in [0.25, 0.3) is 0 Å². The molecule has 4 N–H and O–H groups in total. The number of hydrogen-bond donors (Lipinski definition) is 3. The molecule has 0 aliphatic carbocycles. The Morgan fingerprint density at radius 2 is 1.69 bits per heavy atom. The van der Waals surface area contributed by atoms with Gasteiger partial charge in [0.25, 0.3) is 0 Å². The molecule has 48 heavy (non-hydrogen) atoms. The number of nitrogens with zero attached hydrogens (tertiary/aromatic N) is 5. The standard InChI is InChI=1S/C33H36ClF3N8O3/c34-26-18-21(17-25(29(26)38)33(35,36)37)19-28(30(46)43-15-13-42(14-16-43)23-5-9-39-10-6-23)41-31(47)44-11-7-24(8-12-44)45-20-22-3-1-2-4-27(22)40-32(45)48/h1-6,9-10,17-18,24,28H,7-8,11-16,19-20,38H2,(H,40,48)(H,41,47). The van der Waals surface area contributed by atoms with Crippen molar-refractivity contribution in [3.8, 4) is 0 Å². The van der Waals surface area contributed by atoms with Gasteiger partial charge in [-0.2, -0.15) is 13.2 Å². The molecular formula is C33H36ClF3N8O3. The van der Waals surface area contributed by atoms with E-state index in [0.717, 1.165) is 23.0 Å². The minimum atomic E-state index is -4.76. The van der Waals surface area contributed by atoms with Crippen LogP contribution in [0.4, 0.5) is 39.8 Å². The molecule has 0 radical (unpaired) electrons. The van der Waals surface area contributed by atoms with Gasteiger partial charge in [-0.1, -0.05) is 29.8 Å². The molecule has 11 nitrogen and oxygen atoms in total. The molecule has 254 valence electrons. The monoisotopic (exact) mass is 684 g/mol. The summed E-state index contributed by atoms with van der Waals surface area (Å²) in [7, 11) is 0. The van der Waals surface area contributed by atoms with Crippen molar-refractivity contribution < 1.29 is 27.6 Å². The summed E-state index contributed by atoms with van der Waals surface area (Å²) in [5, 5.41) is 5.45. The van der Waals surface area contributed by atoms with Crippen LogP contribution in [0.15, 0.2) is 60.9 Å². The van der Waals surface area contributed by atoms with Crippen molar-refractivity contribution in [2.75, 3.05) is 55.2 Å². The van der Waals surface area contributed by atoms with E-state index < -0.39 is 35.4 Å². The van der Waals surface area contributed by atoms with Gasteiger partial charge in [0.15, 0.2) is 0 Å². The van der Waals surface area contributed by atoms with Gasteiger partial charge in [-0.15, -0.1) is 0 Å². The number of likely N-dealkylation sites (tertiary alicyclic amines) is 1. The number of rotatable bonds is 6. The number of anilines is 3. The lowest BCUT2D eigenvalue weighted by Gasteiger charge is -2.41. The van der Waals surface area contributed by atoms with Gasteiger partial charge in [0.2, 0.25) is 5.91 Å². The third-order valence-corrected chi connectivity index (χ3v) is 9.52. The number of nitrogen functional groups attached to an aromatic ring is 1. The van der Waals surface area contributed by atoms with Crippen molar-refractivity contribution in [2.45, 2.75) is 44.1 Å². The Balaban J connectivity index is 1.14. The summed E-state index contributed by atoms with van der Waals surface area (Å²) in [6.07, 6.45) is -0.541. The van der Waals surface area contributed by atoms with Crippen LogP contribution >= 0.6 is 11.6 Å². The third kappa shape index (κ3) is 7.23. The van der Waals surface area contributed by atoms with E-state index >= 15 is 0 Å². The first-order valence-electron chi connectivity index (χ1n) is 15.8. The molecule has 2 fully saturated rings. The number of piperazine rings is 1. The predicted molar refractivity (Wildman–Crippen MR) is 176 cm³/mol. The molecule has 3 aliphatic heterocycles. The van der Waals surface area contributed by atoms with Crippen LogP contribution in [0.5, 0.6) is 0 Å². The second kappa shape index (κ2) is 13.8. The summed E-state index contributed by atoms with van der Waals surface area (Å²) in [6.45, 7) is 2.91. The molecule has 4 heterocycles. The van der Waals surface area contributed by atoms with Crippen molar-refractivity contribution >= 4 is 46.6 Å². The van der Waals surface area contributed by atoms with E-state index in [2.05, 4.69) is 20.5 Å². The van der Waals surface area contributed by atoms with Gasteiger partial charge < -0.3 is 36.0 Å². The Kier molecular flexibility index (Phi) is 9.54. The highest BCUT2D eigenvalue weighted by atomic mass is 35.5. The van der Waals surface area contributed by atoms with E-state index in [1.165, 1.54) is 6.07 Å². The van der Waals surface area contributed by atoms with Crippen molar-refractivity contribution in [3.63, 3.8) is 0 Å². The Hall–Kier alpha value is -4.72. The number of pyridine rings is 1. The summed E-state index contributed by atoms with van der Waals surface area (Å²) in [4.78, 5) is 51.5. The lowest BCUT2D eigenvalue weighted by atomic mass is 10.00. The molecule has 1 unspecified atom stereocenters. The topological polar surface area (TPSA) is 127 Å². The second-order valence-corrected chi connectivity index (χ2v) is 12.6. The van der Waals surface area contributed by atoms with Crippen LogP contribution in [0.1, 0.15) is 29.5 Å². The average molecular weight is 685 g/mol. The van der Waals surface area contributed by atoms with Gasteiger partial charge >= 0.3 is 18.2 Å². The average Bonchev–Trinajstić information content (AvgIpc) is 3.09. The number of halogens is 4. The van der Waals surface area contributed by atoms with Crippen LogP contribution in [-0.4, -0.2) is 89.0 Å². The van der Waals surface area contributed by atoms with Crippen molar-refractivity contribution in [1.82, 2.24) is 25.0 Å². The normalized spacial score (nSPS) is 17.9. The highest BCUT2D eigenvalue weighted by Crippen LogP contribution is 2.38. The summed E-state index contributed by atoms with van der Waals surface area (Å²) in [6, 6.07) is 11.6. The van der Waals surface area contributed by atoms with Gasteiger partial charge in [0, 0.05) is 82.0 Å². The Morgan fingerprint density at radius 1 is 1.00 bits per heavy atom. The fourth-order valence-corrected chi connectivity index (χ4v) is 6.80. The number of amides is 5. The predicted octanol–water partition coefficient (Wildman–Crippen LogP) is 4.82. The number of piperidine rings is 1. The number of aromatic nitrogens is 1. The maximum Gasteiger partial charge on any atom is 0.418 e. The van der Waals surface area contributed by atoms with Crippen molar-refractivity contribution in [2.24, 2.45) is 0 Å². The summed E-state index contributed by atoms with van der Waals surface area (Å²) >= 11 is 6.10. The van der Waals surface area contributed by atoms with Crippen LogP contribution in [0.2, 0.25) is 5.02 Å². The zero-order chi connectivity index (χ0) is 34.0. The van der Waals surface area contributed by atoms with E-state index in [4.69, 9.17) is 17.3 Å². The van der Waals surface area contributed by atoms with Gasteiger partial charge in [0.05, 0.1) is 16.3 Å². The fourth-order valence-electron chi connectivity index (χ4n) is 6.56. The molecule has 3 aromatic rings. The van der Waals surface area contributed by atoms with Crippen LogP contribution in [-0.2, 0) is 23.9 Å².